The number of ether oxygens (including phenoxy) is 1. The Labute approximate surface area is 89.2 Å². The maximum absolute atomic E-state index is 5.90. The van der Waals surface area contributed by atoms with Crippen LogP contribution in [-0.2, 0) is 0 Å². The molecule has 1 unspecified atom stereocenters. The third-order valence-electron chi connectivity index (χ3n) is 2.49. The van der Waals surface area contributed by atoms with Gasteiger partial charge in [-0.05, 0) is 31.7 Å². The van der Waals surface area contributed by atoms with Crippen molar-refractivity contribution in [2.24, 2.45) is 0 Å². The molecule has 1 aromatic carbocycles. The van der Waals surface area contributed by atoms with Crippen molar-refractivity contribution in [1.82, 2.24) is 5.32 Å². The van der Waals surface area contributed by atoms with E-state index in [9.17, 15) is 0 Å². The van der Waals surface area contributed by atoms with Gasteiger partial charge in [-0.25, -0.2) is 0 Å². The first kappa shape index (κ1) is 9.81. The number of halogens is 1. The van der Waals surface area contributed by atoms with Gasteiger partial charge in [-0.2, -0.15) is 0 Å². The number of rotatable bonds is 2. The average Bonchev–Trinajstić information content (AvgIpc) is 2.51. The molecular weight excluding hydrogens is 198 g/mol. The lowest BCUT2D eigenvalue weighted by atomic mass is 10.1. The van der Waals surface area contributed by atoms with Gasteiger partial charge in [0.1, 0.15) is 11.4 Å². The van der Waals surface area contributed by atoms with E-state index >= 15 is 0 Å². The summed E-state index contributed by atoms with van der Waals surface area (Å²) in [7, 11) is 0. The first-order valence-electron chi connectivity index (χ1n) is 4.83. The largest absolute Gasteiger partial charge is 0.486 e. The van der Waals surface area contributed by atoms with E-state index < -0.39 is 0 Å². The molecule has 1 aromatic rings. The summed E-state index contributed by atoms with van der Waals surface area (Å²) in [4.78, 5) is 0. The van der Waals surface area contributed by atoms with Gasteiger partial charge in [0, 0.05) is 18.0 Å². The first-order chi connectivity index (χ1) is 6.68. The molecule has 14 heavy (non-hydrogen) atoms. The molecule has 1 atom stereocenters. The van der Waals surface area contributed by atoms with Crippen molar-refractivity contribution < 1.29 is 4.74 Å². The Morgan fingerprint density at radius 2 is 2.36 bits per heavy atom. The van der Waals surface area contributed by atoms with E-state index in [4.69, 9.17) is 16.3 Å². The molecular formula is C11H14ClNO. The Morgan fingerprint density at radius 3 is 3.00 bits per heavy atom. The van der Waals surface area contributed by atoms with Crippen LogP contribution >= 0.6 is 11.6 Å². The van der Waals surface area contributed by atoms with E-state index in [0.29, 0.717) is 0 Å². The number of benzene rings is 1. The molecule has 1 fully saturated rings. The highest BCUT2D eigenvalue weighted by Gasteiger charge is 2.30. The van der Waals surface area contributed by atoms with Crippen LogP contribution in [0.4, 0.5) is 0 Å². The number of hydrogen-bond donors (Lipinski definition) is 1. The van der Waals surface area contributed by atoms with Crippen LogP contribution in [0.15, 0.2) is 24.3 Å². The Bertz CT molecular complexity index is 321. The lowest BCUT2D eigenvalue weighted by molar-refractivity contribution is 0.111. The van der Waals surface area contributed by atoms with Crippen LogP contribution in [0.25, 0.3) is 0 Å². The van der Waals surface area contributed by atoms with Gasteiger partial charge in [-0.3, -0.25) is 0 Å². The van der Waals surface area contributed by atoms with Crippen molar-refractivity contribution in [3.63, 3.8) is 0 Å². The van der Waals surface area contributed by atoms with Crippen LogP contribution in [-0.4, -0.2) is 18.7 Å². The van der Waals surface area contributed by atoms with Gasteiger partial charge in [0.05, 0.1) is 0 Å². The van der Waals surface area contributed by atoms with Crippen molar-refractivity contribution in [2.45, 2.75) is 18.9 Å². The van der Waals surface area contributed by atoms with Crippen molar-refractivity contribution >= 4 is 11.6 Å². The van der Waals surface area contributed by atoms with Crippen LogP contribution in [0, 0.1) is 0 Å². The zero-order chi connectivity index (χ0) is 10.0. The summed E-state index contributed by atoms with van der Waals surface area (Å²) in [5, 5.41) is 4.01. The molecule has 0 aromatic heterocycles. The first-order valence-corrected chi connectivity index (χ1v) is 5.21. The van der Waals surface area contributed by atoms with Gasteiger partial charge in [0.2, 0.25) is 0 Å². The molecule has 2 rings (SSSR count). The van der Waals surface area contributed by atoms with Gasteiger partial charge in [0.25, 0.3) is 0 Å². The van der Waals surface area contributed by atoms with Gasteiger partial charge < -0.3 is 10.1 Å². The molecule has 2 nitrogen and oxygen atoms in total. The van der Waals surface area contributed by atoms with E-state index in [1.165, 1.54) is 0 Å². The fourth-order valence-electron chi connectivity index (χ4n) is 1.70. The minimum atomic E-state index is -0.0787. The zero-order valence-corrected chi connectivity index (χ0v) is 8.97. The zero-order valence-electron chi connectivity index (χ0n) is 8.22. The maximum atomic E-state index is 5.90. The van der Waals surface area contributed by atoms with E-state index in [0.717, 1.165) is 30.3 Å². The van der Waals surface area contributed by atoms with Gasteiger partial charge in [-0.1, -0.05) is 17.7 Å². The van der Waals surface area contributed by atoms with Crippen LogP contribution in [0.1, 0.15) is 13.3 Å². The SMILES string of the molecule is CC1(Oc2cccc(Cl)c2)CCNC1. The van der Waals surface area contributed by atoms with Crippen LogP contribution in [0.2, 0.25) is 5.02 Å². The summed E-state index contributed by atoms with van der Waals surface area (Å²) in [5.41, 5.74) is -0.0787. The van der Waals surface area contributed by atoms with Crippen molar-refractivity contribution in [2.75, 3.05) is 13.1 Å². The van der Waals surface area contributed by atoms with Crippen LogP contribution in [0.3, 0.4) is 0 Å². The molecule has 0 amide bonds. The second kappa shape index (κ2) is 3.79. The molecule has 1 aliphatic rings. The van der Waals surface area contributed by atoms with Crippen LogP contribution in [0.5, 0.6) is 5.75 Å². The lowest BCUT2D eigenvalue weighted by Gasteiger charge is -2.24. The summed E-state index contributed by atoms with van der Waals surface area (Å²) in [5.74, 6) is 0.851. The second-order valence-electron chi connectivity index (χ2n) is 3.94. The van der Waals surface area contributed by atoms with Crippen molar-refractivity contribution in [3.05, 3.63) is 29.3 Å². The number of hydrogen-bond acceptors (Lipinski definition) is 2. The minimum absolute atomic E-state index is 0.0787. The predicted octanol–water partition coefficient (Wildman–Crippen LogP) is 2.47. The van der Waals surface area contributed by atoms with E-state index in [1.807, 2.05) is 24.3 Å². The fraction of sp³-hybridized carbons (Fsp3) is 0.455. The van der Waals surface area contributed by atoms with Gasteiger partial charge >= 0.3 is 0 Å². The Balaban J connectivity index is 2.10. The summed E-state index contributed by atoms with van der Waals surface area (Å²) in [6, 6.07) is 7.55. The van der Waals surface area contributed by atoms with Crippen molar-refractivity contribution in [1.29, 1.82) is 0 Å². The Kier molecular flexibility index (Phi) is 2.66. The Hall–Kier alpha value is -0.730. The fourth-order valence-corrected chi connectivity index (χ4v) is 1.88. The third kappa shape index (κ3) is 2.20. The highest BCUT2D eigenvalue weighted by molar-refractivity contribution is 6.30. The van der Waals surface area contributed by atoms with E-state index in [-0.39, 0.29) is 5.60 Å². The molecule has 76 valence electrons. The molecule has 1 heterocycles. The average molecular weight is 212 g/mol. The van der Waals surface area contributed by atoms with Crippen molar-refractivity contribution in [3.8, 4) is 5.75 Å². The predicted molar refractivity (Wildman–Crippen MR) is 58.0 cm³/mol. The Morgan fingerprint density at radius 1 is 1.50 bits per heavy atom. The molecule has 0 spiro atoms. The summed E-state index contributed by atoms with van der Waals surface area (Å²) in [6.45, 7) is 4.05. The minimum Gasteiger partial charge on any atom is -0.486 e. The highest BCUT2D eigenvalue weighted by atomic mass is 35.5. The third-order valence-corrected chi connectivity index (χ3v) is 2.72. The second-order valence-corrected chi connectivity index (χ2v) is 4.37. The smallest absolute Gasteiger partial charge is 0.121 e. The van der Waals surface area contributed by atoms with Crippen LogP contribution < -0.4 is 10.1 Å². The van der Waals surface area contributed by atoms with E-state index in [1.54, 1.807) is 0 Å². The van der Waals surface area contributed by atoms with E-state index in [2.05, 4.69) is 12.2 Å². The van der Waals surface area contributed by atoms with Gasteiger partial charge in [0.15, 0.2) is 0 Å². The molecule has 1 N–H and O–H groups in total. The normalized spacial score (nSPS) is 26.4. The molecule has 0 aliphatic carbocycles. The summed E-state index contributed by atoms with van der Waals surface area (Å²) < 4.78 is 5.90. The molecule has 1 saturated heterocycles. The number of nitrogens with one attached hydrogen (secondary N) is 1. The topological polar surface area (TPSA) is 21.3 Å². The standard InChI is InChI=1S/C11H14ClNO/c1-11(5-6-13-8-11)14-10-4-2-3-9(12)7-10/h2-4,7,13H,5-6,8H2,1H3. The molecule has 0 bridgehead atoms. The summed E-state index contributed by atoms with van der Waals surface area (Å²) in [6.07, 6.45) is 1.04. The maximum Gasteiger partial charge on any atom is 0.121 e. The monoisotopic (exact) mass is 211 g/mol. The molecule has 0 saturated carbocycles. The highest BCUT2D eigenvalue weighted by Crippen LogP contribution is 2.25. The van der Waals surface area contributed by atoms with Gasteiger partial charge in [-0.15, -0.1) is 0 Å². The summed E-state index contributed by atoms with van der Waals surface area (Å²) >= 11 is 5.88. The molecule has 3 heteroatoms. The molecule has 1 aliphatic heterocycles. The molecule has 0 radical (unpaired) electrons. The quantitative estimate of drug-likeness (QED) is 0.812. The lowest BCUT2D eigenvalue weighted by Crippen LogP contribution is -2.34.